The molecule has 0 radical (unpaired) electrons. The molecule has 0 bridgehead atoms. The Kier molecular flexibility index (Phi) is 7.45. The minimum Gasteiger partial charge on any atom is -0.462 e. The number of rotatable bonds is 6. The molecule has 0 aliphatic rings. The smallest absolute Gasteiger partial charge is 0.327 e. The van der Waals surface area contributed by atoms with Gasteiger partial charge in [-0.25, -0.2) is 0 Å². The summed E-state index contributed by atoms with van der Waals surface area (Å²) in [5.41, 5.74) is -0.759. The lowest BCUT2D eigenvalue weighted by Gasteiger charge is -2.29. The Balaban J connectivity index is 5.12. The molecule has 142 valence electrons. The standard InChI is InChI=1S/C16H30O7S/c1-10(15(3,4)5)22-13(17)9-12(24(19,20)21)14(18)23-11(2)16(6,7)8/h10-12H,9H2,1-8H3,(H,19,20,21). The summed E-state index contributed by atoms with van der Waals surface area (Å²) in [6.45, 7) is 14.3. The van der Waals surface area contributed by atoms with Gasteiger partial charge >= 0.3 is 11.9 Å². The molecule has 0 aliphatic carbocycles. The molecule has 0 heterocycles. The van der Waals surface area contributed by atoms with Gasteiger partial charge in [0.15, 0.2) is 5.25 Å². The first-order valence-electron chi connectivity index (χ1n) is 7.82. The van der Waals surface area contributed by atoms with Crippen molar-refractivity contribution in [2.75, 3.05) is 0 Å². The lowest BCUT2D eigenvalue weighted by atomic mass is 9.90. The Morgan fingerprint density at radius 2 is 1.29 bits per heavy atom. The van der Waals surface area contributed by atoms with Gasteiger partial charge in [-0.1, -0.05) is 41.5 Å². The largest absolute Gasteiger partial charge is 0.462 e. The maximum atomic E-state index is 12.1. The predicted molar refractivity (Wildman–Crippen MR) is 90.0 cm³/mol. The van der Waals surface area contributed by atoms with Crippen molar-refractivity contribution in [2.45, 2.75) is 79.3 Å². The van der Waals surface area contributed by atoms with Gasteiger partial charge in [0.1, 0.15) is 12.2 Å². The highest BCUT2D eigenvalue weighted by Gasteiger charge is 2.38. The summed E-state index contributed by atoms with van der Waals surface area (Å²) in [5, 5.41) is -2.00. The zero-order chi connectivity index (χ0) is 19.5. The zero-order valence-corrected chi connectivity index (χ0v) is 16.6. The van der Waals surface area contributed by atoms with E-state index in [2.05, 4.69) is 0 Å². The third kappa shape index (κ3) is 7.61. The van der Waals surface area contributed by atoms with Gasteiger partial charge in [-0.3, -0.25) is 14.1 Å². The summed E-state index contributed by atoms with van der Waals surface area (Å²) in [6.07, 6.45) is -1.88. The number of carbonyl (C=O) groups excluding carboxylic acids is 2. The summed E-state index contributed by atoms with van der Waals surface area (Å²) in [6, 6.07) is 0. The summed E-state index contributed by atoms with van der Waals surface area (Å²) in [4.78, 5) is 24.0. The van der Waals surface area contributed by atoms with Crippen LogP contribution in [0.5, 0.6) is 0 Å². The number of hydrogen-bond acceptors (Lipinski definition) is 6. The van der Waals surface area contributed by atoms with Crippen molar-refractivity contribution in [1.29, 1.82) is 0 Å². The predicted octanol–water partition coefficient (Wildman–Crippen LogP) is 2.59. The molecule has 0 saturated carbocycles. The molecular weight excluding hydrogens is 336 g/mol. The summed E-state index contributed by atoms with van der Waals surface area (Å²) < 4.78 is 42.4. The van der Waals surface area contributed by atoms with E-state index in [4.69, 9.17) is 9.47 Å². The number of ether oxygens (including phenoxy) is 2. The van der Waals surface area contributed by atoms with Gasteiger partial charge in [-0.05, 0) is 24.7 Å². The highest BCUT2D eigenvalue weighted by atomic mass is 32.2. The first-order valence-corrected chi connectivity index (χ1v) is 9.33. The normalized spacial score (nSPS) is 16.9. The van der Waals surface area contributed by atoms with Crippen LogP contribution in [0.25, 0.3) is 0 Å². The average molecular weight is 366 g/mol. The molecule has 0 fully saturated rings. The Bertz CT molecular complexity index is 552. The van der Waals surface area contributed by atoms with Crippen LogP contribution in [0.2, 0.25) is 0 Å². The van der Waals surface area contributed by atoms with E-state index in [9.17, 15) is 22.6 Å². The van der Waals surface area contributed by atoms with Crippen molar-refractivity contribution in [3.63, 3.8) is 0 Å². The van der Waals surface area contributed by atoms with E-state index in [1.54, 1.807) is 13.8 Å². The first-order chi connectivity index (χ1) is 10.5. The molecule has 0 aromatic rings. The van der Waals surface area contributed by atoms with E-state index in [0.717, 1.165) is 0 Å². The van der Waals surface area contributed by atoms with Crippen LogP contribution in [-0.2, 0) is 29.2 Å². The van der Waals surface area contributed by atoms with Gasteiger partial charge in [0.05, 0.1) is 6.42 Å². The zero-order valence-electron chi connectivity index (χ0n) is 15.7. The van der Waals surface area contributed by atoms with E-state index in [1.807, 2.05) is 41.5 Å². The van der Waals surface area contributed by atoms with E-state index < -0.39 is 51.4 Å². The molecule has 1 N–H and O–H groups in total. The molecule has 3 atom stereocenters. The van der Waals surface area contributed by atoms with Crippen molar-refractivity contribution in [3.8, 4) is 0 Å². The molecule has 8 heteroatoms. The fraction of sp³-hybridized carbons (Fsp3) is 0.875. The summed E-state index contributed by atoms with van der Waals surface area (Å²) in [5.74, 6) is -2.05. The molecule has 0 aliphatic heterocycles. The highest BCUT2D eigenvalue weighted by Crippen LogP contribution is 2.24. The second kappa shape index (κ2) is 7.82. The van der Waals surface area contributed by atoms with E-state index in [0.29, 0.717) is 0 Å². The molecule has 0 spiro atoms. The Morgan fingerprint density at radius 1 is 0.917 bits per heavy atom. The van der Waals surface area contributed by atoms with Crippen molar-refractivity contribution < 1.29 is 32.0 Å². The van der Waals surface area contributed by atoms with Crippen LogP contribution in [-0.4, -0.2) is 42.4 Å². The van der Waals surface area contributed by atoms with Crippen LogP contribution in [0.15, 0.2) is 0 Å². The third-order valence-corrected chi connectivity index (χ3v) is 5.09. The number of carbonyl (C=O) groups is 2. The van der Waals surface area contributed by atoms with Gasteiger partial charge in [0.25, 0.3) is 10.1 Å². The average Bonchev–Trinajstić information content (AvgIpc) is 2.31. The Labute approximate surface area is 144 Å². The van der Waals surface area contributed by atoms with E-state index in [-0.39, 0.29) is 5.41 Å². The highest BCUT2D eigenvalue weighted by molar-refractivity contribution is 7.87. The topological polar surface area (TPSA) is 107 Å². The molecule has 0 aromatic heterocycles. The van der Waals surface area contributed by atoms with Gasteiger partial charge in [0, 0.05) is 0 Å². The Morgan fingerprint density at radius 3 is 1.62 bits per heavy atom. The molecule has 7 nitrogen and oxygen atoms in total. The Hall–Kier alpha value is -1.15. The lowest BCUT2D eigenvalue weighted by Crippen LogP contribution is -2.39. The molecular formula is C16H30O7S. The quantitative estimate of drug-likeness (QED) is 0.568. The van der Waals surface area contributed by atoms with Gasteiger partial charge in [0.2, 0.25) is 0 Å². The third-order valence-electron chi connectivity index (χ3n) is 4.01. The van der Waals surface area contributed by atoms with Gasteiger partial charge < -0.3 is 9.47 Å². The molecule has 0 saturated heterocycles. The van der Waals surface area contributed by atoms with Crippen LogP contribution in [0.3, 0.4) is 0 Å². The molecule has 0 amide bonds. The fourth-order valence-electron chi connectivity index (χ4n) is 1.31. The minimum absolute atomic E-state index is 0.343. The maximum absolute atomic E-state index is 12.1. The van der Waals surface area contributed by atoms with Gasteiger partial charge in [-0.15, -0.1) is 0 Å². The lowest BCUT2D eigenvalue weighted by molar-refractivity contribution is -0.159. The fourth-order valence-corrected chi connectivity index (χ4v) is 1.96. The van der Waals surface area contributed by atoms with Gasteiger partial charge in [-0.2, -0.15) is 8.42 Å². The van der Waals surface area contributed by atoms with Crippen LogP contribution in [0.4, 0.5) is 0 Å². The minimum atomic E-state index is -4.80. The summed E-state index contributed by atoms with van der Waals surface area (Å²) >= 11 is 0. The first kappa shape index (κ1) is 22.9. The van der Waals surface area contributed by atoms with Crippen molar-refractivity contribution in [2.24, 2.45) is 10.8 Å². The molecule has 3 unspecified atom stereocenters. The monoisotopic (exact) mass is 366 g/mol. The molecule has 0 aromatic carbocycles. The maximum Gasteiger partial charge on any atom is 0.327 e. The van der Waals surface area contributed by atoms with Crippen LogP contribution in [0.1, 0.15) is 61.8 Å². The summed E-state index contributed by atoms with van der Waals surface area (Å²) in [7, 11) is -4.80. The number of esters is 2. The van der Waals surface area contributed by atoms with Crippen LogP contribution in [0, 0.1) is 10.8 Å². The van der Waals surface area contributed by atoms with Crippen molar-refractivity contribution in [3.05, 3.63) is 0 Å². The van der Waals surface area contributed by atoms with E-state index in [1.165, 1.54) is 0 Å². The molecule has 24 heavy (non-hydrogen) atoms. The van der Waals surface area contributed by atoms with Crippen LogP contribution < -0.4 is 0 Å². The molecule has 0 rings (SSSR count). The van der Waals surface area contributed by atoms with Crippen molar-refractivity contribution >= 4 is 22.1 Å². The number of hydrogen-bond donors (Lipinski definition) is 1. The SMILES string of the molecule is CC(OC(=O)CC(C(=O)OC(C)C(C)(C)C)S(=O)(=O)O)C(C)(C)C. The van der Waals surface area contributed by atoms with E-state index >= 15 is 0 Å². The van der Waals surface area contributed by atoms with Crippen molar-refractivity contribution in [1.82, 2.24) is 0 Å². The second-order valence-corrected chi connectivity index (χ2v) is 9.75. The van der Waals surface area contributed by atoms with Crippen LogP contribution >= 0.6 is 0 Å². The second-order valence-electron chi connectivity index (χ2n) is 8.15.